The molecule has 1 amide bonds. The number of carbonyl (C=O) groups excluding carboxylic acids is 2. The van der Waals surface area contributed by atoms with E-state index in [1.165, 1.54) is 17.9 Å². The minimum Gasteiger partial charge on any atom is -0.467 e. The highest BCUT2D eigenvalue weighted by Crippen LogP contribution is 2.24. The van der Waals surface area contributed by atoms with Gasteiger partial charge in [0.25, 0.3) is 5.91 Å². The molecule has 0 aliphatic rings. The lowest BCUT2D eigenvalue weighted by Gasteiger charge is -2.13. The van der Waals surface area contributed by atoms with E-state index in [1.807, 2.05) is 30.3 Å². The number of carbonyl (C=O) groups is 2. The van der Waals surface area contributed by atoms with Gasteiger partial charge in [-0.05, 0) is 38.1 Å². The maximum atomic E-state index is 12.5. The molecule has 0 saturated heterocycles. The Bertz CT molecular complexity index is 936. The van der Waals surface area contributed by atoms with Crippen LogP contribution in [0, 0.1) is 6.92 Å². The van der Waals surface area contributed by atoms with Crippen molar-refractivity contribution in [2.75, 3.05) is 0 Å². The van der Waals surface area contributed by atoms with Gasteiger partial charge >= 0.3 is 5.97 Å². The average Bonchev–Trinajstić information content (AvgIpc) is 3.28. The minimum atomic E-state index is -0.997. The Morgan fingerprint density at radius 1 is 1.26 bits per heavy atom. The number of aryl methyl sites for hydroxylation is 1. The molecule has 140 valence electrons. The Morgan fingerprint density at radius 3 is 2.67 bits per heavy atom. The molecule has 3 aromatic rings. The molecular weight excluding hydrogens is 370 g/mol. The molecule has 0 aliphatic heterocycles. The van der Waals surface area contributed by atoms with Crippen LogP contribution in [0.4, 0.5) is 0 Å². The van der Waals surface area contributed by atoms with Crippen molar-refractivity contribution >= 4 is 23.5 Å². The zero-order valence-corrected chi connectivity index (χ0v) is 15.6. The van der Waals surface area contributed by atoms with Crippen LogP contribution in [0.3, 0.4) is 0 Å². The number of ether oxygens (including phenoxy) is 1. The van der Waals surface area contributed by atoms with E-state index in [4.69, 9.17) is 20.8 Å². The summed E-state index contributed by atoms with van der Waals surface area (Å²) in [4.78, 5) is 24.6. The van der Waals surface area contributed by atoms with Crippen molar-refractivity contribution in [2.24, 2.45) is 0 Å². The van der Waals surface area contributed by atoms with Crippen LogP contribution < -0.4 is 5.32 Å². The molecule has 7 nitrogen and oxygen atoms in total. The predicted molar refractivity (Wildman–Crippen MR) is 98.7 cm³/mol. The summed E-state index contributed by atoms with van der Waals surface area (Å²) in [5.74, 6) is -0.547. The molecule has 0 saturated carbocycles. The van der Waals surface area contributed by atoms with Crippen molar-refractivity contribution in [2.45, 2.75) is 26.5 Å². The molecular formula is C19H18ClN3O4. The number of amides is 1. The number of hydrogen-bond donors (Lipinski definition) is 1. The predicted octanol–water partition coefficient (Wildman–Crippen LogP) is 3.29. The summed E-state index contributed by atoms with van der Waals surface area (Å²) in [6.07, 6.45) is 0.517. The third-order valence-electron chi connectivity index (χ3n) is 3.88. The molecule has 8 heteroatoms. The first kappa shape index (κ1) is 18.7. The van der Waals surface area contributed by atoms with Gasteiger partial charge in [-0.3, -0.25) is 4.79 Å². The Morgan fingerprint density at radius 2 is 2.00 bits per heavy atom. The molecule has 0 spiro atoms. The number of para-hydroxylation sites is 1. The summed E-state index contributed by atoms with van der Waals surface area (Å²) >= 11 is 6.34. The summed E-state index contributed by atoms with van der Waals surface area (Å²) in [6, 6.07) is 12.6. The fourth-order valence-electron chi connectivity index (χ4n) is 2.48. The van der Waals surface area contributed by atoms with E-state index in [0.29, 0.717) is 17.1 Å². The SMILES string of the molecule is Cc1nn(-c2ccccc2)c(Cl)c1C(=O)OC(C)C(=O)NCc1ccco1. The highest BCUT2D eigenvalue weighted by Gasteiger charge is 2.26. The number of halogens is 1. The van der Waals surface area contributed by atoms with Crippen molar-refractivity contribution in [1.82, 2.24) is 15.1 Å². The molecule has 1 N–H and O–H groups in total. The van der Waals surface area contributed by atoms with Crippen LogP contribution in [0.2, 0.25) is 5.15 Å². The minimum absolute atomic E-state index is 0.131. The van der Waals surface area contributed by atoms with E-state index < -0.39 is 18.0 Å². The highest BCUT2D eigenvalue weighted by atomic mass is 35.5. The molecule has 1 unspecified atom stereocenters. The monoisotopic (exact) mass is 387 g/mol. The maximum Gasteiger partial charge on any atom is 0.344 e. The van der Waals surface area contributed by atoms with Crippen molar-refractivity contribution in [3.63, 3.8) is 0 Å². The molecule has 3 rings (SSSR count). The Kier molecular flexibility index (Phi) is 5.61. The van der Waals surface area contributed by atoms with Gasteiger partial charge in [-0.1, -0.05) is 29.8 Å². The third kappa shape index (κ3) is 4.20. The average molecular weight is 388 g/mol. The van der Waals surface area contributed by atoms with Gasteiger partial charge in [0.05, 0.1) is 24.2 Å². The summed E-state index contributed by atoms with van der Waals surface area (Å²) in [5.41, 5.74) is 1.26. The summed E-state index contributed by atoms with van der Waals surface area (Å²) < 4.78 is 11.9. The zero-order chi connectivity index (χ0) is 19.4. The second kappa shape index (κ2) is 8.09. The summed E-state index contributed by atoms with van der Waals surface area (Å²) in [6.45, 7) is 3.35. The Hall–Kier alpha value is -3.06. The standard InChI is InChI=1S/C19H18ClN3O4/c1-12-16(17(20)23(22-12)14-7-4-3-5-8-14)19(25)27-13(2)18(24)21-11-15-9-6-10-26-15/h3-10,13H,11H2,1-2H3,(H,21,24). The summed E-state index contributed by atoms with van der Waals surface area (Å²) in [5, 5.41) is 7.06. The van der Waals surface area contributed by atoms with Gasteiger partial charge in [0.1, 0.15) is 16.5 Å². The molecule has 0 radical (unpaired) electrons. The lowest BCUT2D eigenvalue weighted by atomic mass is 10.2. The topological polar surface area (TPSA) is 86.4 Å². The number of nitrogens with zero attached hydrogens (tertiary/aromatic N) is 2. The second-order valence-electron chi connectivity index (χ2n) is 5.84. The molecule has 0 bridgehead atoms. The second-order valence-corrected chi connectivity index (χ2v) is 6.20. The quantitative estimate of drug-likeness (QED) is 0.656. The third-order valence-corrected chi connectivity index (χ3v) is 4.23. The molecule has 2 heterocycles. The molecule has 0 aliphatic carbocycles. The lowest BCUT2D eigenvalue weighted by molar-refractivity contribution is -0.129. The fourth-order valence-corrected chi connectivity index (χ4v) is 2.82. The first-order chi connectivity index (χ1) is 13.0. The molecule has 1 atom stereocenters. The zero-order valence-electron chi connectivity index (χ0n) is 14.8. The van der Waals surface area contributed by atoms with Gasteiger partial charge in [-0.25, -0.2) is 9.48 Å². The molecule has 1 aromatic carbocycles. The van der Waals surface area contributed by atoms with Crippen molar-refractivity contribution in [3.05, 3.63) is 70.9 Å². The van der Waals surface area contributed by atoms with E-state index in [1.54, 1.807) is 19.1 Å². The first-order valence-corrected chi connectivity index (χ1v) is 8.66. The van der Waals surface area contributed by atoms with Crippen molar-refractivity contribution in [1.29, 1.82) is 0 Å². The van der Waals surface area contributed by atoms with Crippen LogP contribution in [-0.4, -0.2) is 27.8 Å². The van der Waals surface area contributed by atoms with Crippen LogP contribution in [-0.2, 0) is 16.1 Å². The van der Waals surface area contributed by atoms with Gasteiger partial charge < -0.3 is 14.5 Å². The van der Waals surface area contributed by atoms with Crippen LogP contribution in [0.15, 0.2) is 53.1 Å². The first-order valence-electron chi connectivity index (χ1n) is 8.29. The Labute approximate surface area is 160 Å². The number of esters is 1. The van der Waals surface area contributed by atoms with Crippen LogP contribution in [0.5, 0.6) is 0 Å². The van der Waals surface area contributed by atoms with Gasteiger partial charge in [-0.2, -0.15) is 5.10 Å². The number of hydrogen-bond acceptors (Lipinski definition) is 5. The van der Waals surface area contributed by atoms with E-state index in [9.17, 15) is 9.59 Å². The largest absolute Gasteiger partial charge is 0.467 e. The molecule has 2 aromatic heterocycles. The van der Waals surface area contributed by atoms with E-state index in [0.717, 1.165) is 0 Å². The van der Waals surface area contributed by atoms with Gasteiger partial charge in [0.15, 0.2) is 6.10 Å². The van der Waals surface area contributed by atoms with Crippen LogP contribution in [0.1, 0.15) is 28.7 Å². The number of rotatable bonds is 6. The van der Waals surface area contributed by atoms with Gasteiger partial charge in [0.2, 0.25) is 0 Å². The van der Waals surface area contributed by atoms with E-state index in [-0.39, 0.29) is 17.3 Å². The van der Waals surface area contributed by atoms with Crippen molar-refractivity contribution < 1.29 is 18.7 Å². The molecule has 27 heavy (non-hydrogen) atoms. The smallest absolute Gasteiger partial charge is 0.344 e. The maximum absolute atomic E-state index is 12.5. The normalized spacial score (nSPS) is 11.8. The number of aromatic nitrogens is 2. The number of benzene rings is 1. The van der Waals surface area contributed by atoms with Gasteiger partial charge in [0, 0.05) is 0 Å². The van der Waals surface area contributed by atoms with Crippen LogP contribution in [0.25, 0.3) is 5.69 Å². The van der Waals surface area contributed by atoms with Crippen LogP contribution >= 0.6 is 11.6 Å². The number of nitrogens with one attached hydrogen (secondary N) is 1. The van der Waals surface area contributed by atoms with Crippen molar-refractivity contribution in [3.8, 4) is 5.69 Å². The number of furan rings is 1. The highest BCUT2D eigenvalue weighted by molar-refractivity contribution is 6.33. The fraction of sp³-hybridized carbons (Fsp3) is 0.211. The van der Waals surface area contributed by atoms with E-state index >= 15 is 0 Å². The summed E-state index contributed by atoms with van der Waals surface area (Å²) in [7, 11) is 0. The molecule has 0 fully saturated rings. The van der Waals surface area contributed by atoms with Gasteiger partial charge in [-0.15, -0.1) is 0 Å². The Balaban J connectivity index is 1.68. The lowest BCUT2D eigenvalue weighted by Crippen LogP contribution is -2.35. The van der Waals surface area contributed by atoms with E-state index in [2.05, 4.69) is 10.4 Å².